The van der Waals surface area contributed by atoms with Crippen molar-refractivity contribution in [2.45, 2.75) is 59.4 Å². The van der Waals surface area contributed by atoms with E-state index in [1.54, 1.807) is 14.2 Å². The van der Waals surface area contributed by atoms with Crippen molar-refractivity contribution >= 4 is 0 Å². The summed E-state index contributed by atoms with van der Waals surface area (Å²) >= 11 is 0. The highest BCUT2D eigenvalue weighted by Gasteiger charge is 2.43. The fourth-order valence-corrected chi connectivity index (χ4v) is 4.72. The highest BCUT2D eigenvalue weighted by Crippen LogP contribution is 2.41. The van der Waals surface area contributed by atoms with Crippen molar-refractivity contribution in [1.29, 1.82) is 0 Å². The number of benzene rings is 2. The molecule has 2 aromatic rings. The molecule has 180 valence electrons. The molecule has 0 N–H and O–H groups in total. The summed E-state index contributed by atoms with van der Waals surface area (Å²) in [5, 5.41) is 0. The zero-order valence-electron chi connectivity index (χ0n) is 22.2. The van der Waals surface area contributed by atoms with E-state index in [1.807, 2.05) is 0 Å². The quantitative estimate of drug-likeness (QED) is 0.287. The van der Waals surface area contributed by atoms with Crippen LogP contribution in [0.4, 0.5) is 0 Å². The molecule has 0 heterocycles. The molecule has 2 rings (SSSR count). The number of hydrogen-bond donors (Lipinski definition) is 0. The van der Waals surface area contributed by atoms with E-state index in [2.05, 4.69) is 83.9 Å². The fraction of sp³-hybridized carbons (Fsp3) is 0.552. The highest BCUT2D eigenvalue weighted by atomic mass is 16.5. The number of ether oxygens (including phenoxy) is 2. The smallest absolute Gasteiger partial charge is 0.260 e. The third-order valence-electron chi connectivity index (χ3n) is 7.28. The minimum Gasteiger partial charge on any atom is -0.496 e. The molecule has 2 aromatic carbocycles. The Bertz CT molecular complexity index is 988. The summed E-state index contributed by atoms with van der Waals surface area (Å²) in [5.74, 6) is 2.05. The standard InChI is InChI=1S/C29H43N2O2/c1-21(2)29(30-6,26-19-22(3)24(5)28(20-26)33-10)15-11-16-31(7,8)17-14-25-12-13-27(32-9)23(4)18-25/h12-13,18-21H,11,14-17H2,1-5,7-10H3/q+1. The molecule has 1 atom stereocenters. The molecule has 0 saturated carbocycles. The number of hydrogen-bond acceptors (Lipinski definition) is 2. The average molecular weight is 452 g/mol. The van der Waals surface area contributed by atoms with Gasteiger partial charge in [0.05, 0.1) is 41.4 Å². The van der Waals surface area contributed by atoms with Crippen LogP contribution in [0.2, 0.25) is 0 Å². The fourth-order valence-electron chi connectivity index (χ4n) is 4.72. The summed E-state index contributed by atoms with van der Waals surface area (Å²) in [6, 6.07) is 10.7. The number of aryl methyl sites for hydroxylation is 2. The molecule has 0 aliphatic rings. The monoisotopic (exact) mass is 451 g/mol. The molecule has 0 saturated heterocycles. The Morgan fingerprint density at radius 1 is 0.939 bits per heavy atom. The minimum atomic E-state index is -0.529. The van der Waals surface area contributed by atoms with Crippen molar-refractivity contribution < 1.29 is 14.0 Å². The van der Waals surface area contributed by atoms with E-state index in [9.17, 15) is 0 Å². The summed E-state index contributed by atoms with van der Waals surface area (Å²) in [5.41, 5.74) is 5.42. The first-order valence-electron chi connectivity index (χ1n) is 12.0. The van der Waals surface area contributed by atoms with Gasteiger partial charge in [0.2, 0.25) is 0 Å². The lowest BCUT2D eigenvalue weighted by molar-refractivity contribution is -0.890. The van der Waals surface area contributed by atoms with Crippen LogP contribution in [0.5, 0.6) is 11.5 Å². The van der Waals surface area contributed by atoms with E-state index in [1.165, 1.54) is 16.7 Å². The summed E-state index contributed by atoms with van der Waals surface area (Å²) in [6.07, 6.45) is 2.89. The maximum Gasteiger partial charge on any atom is 0.260 e. The lowest BCUT2D eigenvalue weighted by Gasteiger charge is -2.32. The second kappa shape index (κ2) is 11.1. The van der Waals surface area contributed by atoms with Gasteiger partial charge in [-0.05, 0) is 61.2 Å². The first-order valence-corrected chi connectivity index (χ1v) is 12.0. The van der Waals surface area contributed by atoms with Gasteiger partial charge in [0.1, 0.15) is 11.5 Å². The van der Waals surface area contributed by atoms with Crippen molar-refractivity contribution in [3.63, 3.8) is 0 Å². The topological polar surface area (TPSA) is 22.8 Å². The van der Waals surface area contributed by atoms with Crippen molar-refractivity contribution in [1.82, 2.24) is 0 Å². The maximum absolute atomic E-state index is 8.18. The van der Waals surface area contributed by atoms with Crippen molar-refractivity contribution in [3.8, 4) is 11.5 Å². The zero-order chi connectivity index (χ0) is 24.8. The van der Waals surface area contributed by atoms with E-state index in [4.69, 9.17) is 16.0 Å². The number of rotatable bonds is 11. The van der Waals surface area contributed by atoms with Crippen molar-refractivity contribution in [3.05, 3.63) is 69.6 Å². The Kier molecular flexibility index (Phi) is 8.97. The SMILES string of the molecule is [C-]#[N+]C(CCC[N+](C)(C)CCc1ccc(OC)c(C)c1)(c1cc(C)c(C)c(OC)c1)C(C)C. The van der Waals surface area contributed by atoms with E-state index in [-0.39, 0.29) is 5.92 Å². The van der Waals surface area contributed by atoms with Crippen LogP contribution in [0.3, 0.4) is 0 Å². The van der Waals surface area contributed by atoms with Crippen LogP contribution in [0.15, 0.2) is 30.3 Å². The van der Waals surface area contributed by atoms with Gasteiger partial charge in [0, 0.05) is 30.7 Å². The molecule has 0 amide bonds. The van der Waals surface area contributed by atoms with Gasteiger partial charge in [0.25, 0.3) is 5.54 Å². The van der Waals surface area contributed by atoms with Crippen LogP contribution in [0.1, 0.15) is 54.5 Å². The van der Waals surface area contributed by atoms with Crippen LogP contribution < -0.4 is 9.47 Å². The van der Waals surface area contributed by atoms with Gasteiger partial charge in [-0.2, -0.15) is 0 Å². The molecule has 1 unspecified atom stereocenters. The molecule has 33 heavy (non-hydrogen) atoms. The van der Waals surface area contributed by atoms with Gasteiger partial charge in [-0.3, -0.25) is 0 Å². The minimum absolute atomic E-state index is 0.222. The van der Waals surface area contributed by atoms with Gasteiger partial charge in [-0.25, -0.2) is 6.57 Å². The Morgan fingerprint density at radius 2 is 1.61 bits per heavy atom. The van der Waals surface area contributed by atoms with E-state index in [0.29, 0.717) is 0 Å². The number of methoxy groups -OCH3 is 2. The van der Waals surface area contributed by atoms with Crippen LogP contribution >= 0.6 is 0 Å². The van der Waals surface area contributed by atoms with E-state index >= 15 is 0 Å². The number of quaternary nitrogens is 1. The molecular formula is C29H43N2O2+. The zero-order valence-corrected chi connectivity index (χ0v) is 22.2. The van der Waals surface area contributed by atoms with Gasteiger partial charge < -0.3 is 18.8 Å². The molecule has 0 aliphatic heterocycles. The third kappa shape index (κ3) is 6.30. The molecule has 0 aliphatic carbocycles. The van der Waals surface area contributed by atoms with Crippen LogP contribution in [-0.2, 0) is 12.0 Å². The molecule has 0 aromatic heterocycles. The second-order valence-electron chi connectivity index (χ2n) is 10.4. The normalized spacial score (nSPS) is 13.5. The van der Waals surface area contributed by atoms with Gasteiger partial charge in [0.15, 0.2) is 0 Å². The number of likely N-dealkylation sites (N-methyl/N-ethyl adjacent to an activating group) is 1. The van der Waals surface area contributed by atoms with E-state index in [0.717, 1.165) is 59.5 Å². The lowest BCUT2D eigenvalue weighted by atomic mass is 9.76. The summed E-state index contributed by atoms with van der Waals surface area (Å²) in [4.78, 5) is 4.25. The first kappa shape index (κ1) is 26.7. The second-order valence-corrected chi connectivity index (χ2v) is 10.4. The van der Waals surface area contributed by atoms with E-state index < -0.39 is 5.54 Å². The Balaban J connectivity index is 2.11. The average Bonchev–Trinajstić information content (AvgIpc) is 2.77. The van der Waals surface area contributed by atoms with Gasteiger partial charge in [-0.1, -0.05) is 26.0 Å². The van der Waals surface area contributed by atoms with Gasteiger partial charge in [-0.15, -0.1) is 0 Å². The van der Waals surface area contributed by atoms with Crippen molar-refractivity contribution in [2.24, 2.45) is 5.92 Å². The molecule has 0 spiro atoms. The molecule has 0 radical (unpaired) electrons. The van der Waals surface area contributed by atoms with Crippen LogP contribution in [0.25, 0.3) is 4.85 Å². The first-order chi connectivity index (χ1) is 15.5. The molecule has 4 nitrogen and oxygen atoms in total. The largest absolute Gasteiger partial charge is 0.496 e. The summed E-state index contributed by atoms with van der Waals surface area (Å²) in [6.45, 7) is 20.9. The lowest BCUT2D eigenvalue weighted by Crippen LogP contribution is -2.43. The summed E-state index contributed by atoms with van der Waals surface area (Å²) in [7, 11) is 8.02. The molecular weight excluding hydrogens is 408 g/mol. The van der Waals surface area contributed by atoms with Gasteiger partial charge >= 0.3 is 0 Å². The van der Waals surface area contributed by atoms with Crippen LogP contribution in [-0.4, -0.2) is 45.9 Å². The number of nitrogens with zero attached hydrogens (tertiary/aromatic N) is 2. The third-order valence-corrected chi connectivity index (χ3v) is 7.28. The Labute approximate surface area is 201 Å². The van der Waals surface area contributed by atoms with Crippen molar-refractivity contribution in [2.75, 3.05) is 41.4 Å². The molecule has 4 heteroatoms. The Hall–Kier alpha value is -2.51. The van der Waals surface area contributed by atoms with Crippen LogP contribution in [0, 0.1) is 33.3 Å². The summed E-state index contributed by atoms with van der Waals surface area (Å²) < 4.78 is 12.0. The Morgan fingerprint density at radius 3 is 2.15 bits per heavy atom. The molecule has 0 fully saturated rings. The predicted molar refractivity (Wildman–Crippen MR) is 138 cm³/mol. The highest BCUT2D eigenvalue weighted by molar-refractivity contribution is 5.46. The maximum atomic E-state index is 8.18. The molecule has 0 bridgehead atoms. The predicted octanol–water partition coefficient (Wildman–Crippen LogP) is 6.50.